The van der Waals surface area contributed by atoms with E-state index in [1.165, 1.54) is 41.7 Å². The summed E-state index contributed by atoms with van der Waals surface area (Å²) in [6.07, 6.45) is 17.6. The van der Waals surface area contributed by atoms with Crippen LogP contribution in [-0.2, 0) is 11.8 Å². The van der Waals surface area contributed by atoms with Crippen LogP contribution in [0.15, 0.2) is 59.0 Å². The normalized spacial score (nSPS) is 37.3. The van der Waals surface area contributed by atoms with Crippen LogP contribution in [0.25, 0.3) is 0 Å². The molecule has 4 aliphatic carbocycles. The van der Waals surface area contributed by atoms with Gasteiger partial charge < -0.3 is 15.3 Å². The fourth-order valence-electron chi connectivity index (χ4n) is 7.85. The van der Waals surface area contributed by atoms with Gasteiger partial charge in [0, 0.05) is 16.7 Å². The second-order valence-corrected chi connectivity index (χ2v) is 13.6. The average Bonchev–Trinajstić information content (AvgIpc) is 3.39. The number of aliphatic hydroxyl groups excluding tert-OH is 3. The van der Waals surface area contributed by atoms with Crippen molar-refractivity contribution in [2.75, 3.05) is 0 Å². The van der Waals surface area contributed by atoms with E-state index in [9.17, 15) is 15.3 Å². The highest BCUT2D eigenvalue weighted by atomic mass is 32.1. The predicted octanol–water partition coefficient (Wildman–Crippen LogP) is 7.04. The van der Waals surface area contributed by atoms with Gasteiger partial charge in [0.1, 0.15) is 0 Å². The van der Waals surface area contributed by atoms with Gasteiger partial charge in [0.2, 0.25) is 0 Å². The molecule has 7 atom stereocenters. The minimum atomic E-state index is -0.632. The van der Waals surface area contributed by atoms with E-state index < -0.39 is 18.3 Å². The molecule has 3 N–H and O–H groups in total. The molecule has 4 saturated carbocycles. The topological polar surface area (TPSA) is 60.7 Å². The van der Waals surface area contributed by atoms with E-state index in [4.69, 9.17) is 0 Å². The van der Waals surface area contributed by atoms with Crippen molar-refractivity contribution in [2.45, 2.75) is 109 Å². The molecule has 202 valence electrons. The van der Waals surface area contributed by atoms with Crippen molar-refractivity contribution >= 4 is 11.3 Å². The zero-order chi connectivity index (χ0) is 26.4. The Morgan fingerprint density at radius 1 is 1.16 bits per heavy atom. The first-order valence-electron chi connectivity index (χ1n) is 14.6. The van der Waals surface area contributed by atoms with Gasteiger partial charge in [0.05, 0.1) is 18.3 Å². The zero-order valence-corrected chi connectivity index (χ0v) is 23.8. The molecule has 4 heteroatoms. The molecule has 0 aliphatic heterocycles. The molecule has 4 fully saturated rings. The van der Waals surface area contributed by atoms with E-state index in [1.807, 2.05) is 11.3 Å². The van der Waals surface area contributed by atoms with Gasteiger partial charge in [-0.25, -0.2) is 0 Å². The van der Waals surface area contributed by atoms with E-state index in [2.05, 4.69) is 63.1 Å². The lowest BCUT2D eigenvalue weighted by atomic mass is 9.61. The number of aryl methyl sites for hydroxylation is 1. The van der Waals surface area contributed by atoms with Gasteiger partial charge in [-0.15, -0.1) is 11.3 Å². The smallest absolute Gasteiger partial charge is 0.0825 e. The number of rotatable bonds is 7. The van der Waals surface area contributed by atoms with E-state index in [-0.39, 0.29) is 10.8 Å². The van der Waals surface area contributed by atoms with Gasteiger partial charge >= 0.3 is 0 Å². The summed E-state index contributed by atoms with van der Waals surface area (Å²) in [6, 6.07) is 2.32. The third-order valence-electron chi connectivity index (χ3n) is 10.4. The summed E-state index contributed by atoms with van der Waals surface area (Å²) in [7, 11) is 0. The standard InChI is InChI=1S/C33H46O3S/c1-5-23-17-31(37-20-23)33(15-16-33)30(36)13-8-21(2)27-11-12-28-24(7-6-14-32(27,28)4)9-10-25-18-26(34)19-29(35)22(25)3/h8-10,13,17,20-21,26-30,34-36H,3,5-7,11-12,14-16,18-19H2,1-2,4H3/t21-,26-,27-,28+,29+,30+,32-/m1/s1. The van der Waals surface area contributed by atoms with E-state index in [1.54, 1.807) is 0 Å². The number of hydrogen-bond donors (Lipinski definition) is 3. The predicted molar refractivity (Wildman–Crippen MR) is 154 cm³/mol. The Balaban J connectivity index is 1.28. The third kappa shape index (κ3) is 5.12. The summed E-state index contributed by atoms with van der Waals surface area (Å²) in [5.41, 5.74) is 4.91. The van der Waals surface area contributed by atoms with Crippen molar-refractivity contribution in [3.63, 3.8) is 0 Å². The van der Waals surface area contributed by atoms with E-state index in [0.717, 1.165) is 36.8 Å². The summed E-state index contributed by atoms with van der Waals surface area (Å²) in [5.74, 6) is 1.65. The number of allylic oxidation sites excluding steroid dienone is 4. The highest BCUT2D eigenvalue weighted by molar-refractivity contribution is 7.10. The molecule has 0 saturated heterocycles. The molecular weight excluding hydrogens is 476 g/mol. The van der Waals surface area contributed by atoms with Crippen molar-refractivity contribution in [3.8, 4) is 0 Å². The van der Waals surface area contributed by atoms with Crippen LogP contribution in [0, 0.1) is 23.2 Å². The fourth-order valence-corrected chi connectivity index (χ4v) is 9.14. The van der Waals surface area contributed by atoms with Gasteiger partial charge in [-0.2, -0.15) is 0 Å². The van der Waals surface area contributed by atoms with Gasteiger partial charge in [0.25, 0.3) is 0 Å². The minimum absolute atomic E-state index is 0.0467. The lowest BCUT2D eigenvalue weighted by molar-refractivity contribution is 0.0862. The highest BCUT2D eigenvalue weighted by Crippen LogP contribution is 2.60. The van der Waals surface area contributed by atoms with Crippen LogP contribution >= 0.6 is 11.3 Å². The Morgan fingerprint density at radius 2 is 1.95 bits per heavy atom. The number of thiophene rings is 1. The summed E-state index contributed by atoms with van der Waals surface area (Å²) >= 11 is 1.82. The minimum Gasteiger partial charge on any atom is -0.393 e. The second-order valence-electron chi connectivity index (χ2n) is 12.7. The summed E-state index contributed by atoms with van der Waals surface area (Å²) < 4.78 is 0. The molecule has 0 radical (unpaired) electrons. The zero-order valence-electron chi connectivity index (χ0n) is 23.0. The highest BCUT2D eigenvalue weighted by Gasteiger charge is 2.52. The van der Waals surface area contributed by atoms with Gasteiger partial charge in [-0.05, 0) is 109 Å². The van der Waals surface area contributed by atoms with Crippen molar-refractivity contribution < 1.29 is 15.3 Å². The molecule has 1 aromatic heterocycles. The number of hydrogen-bond acceptors (Lipinski definition) is 4. The van der Waals surface area contributed by atoms with Crippen LogP contribution in [0.1, 0.15) is 89.0 Å². The van der Waals surface area contributed by atoms with E-state index >= 15 is 0 Å². The van der Waals surface area contributed by atoms with Crippen LogP contribution in [0.4, 0.5) is 0 Å². The van der Waals surface area contributed by atoms with Crippen LogP contribution < -0.4 is 0 Å². The number of aliphatic hydroxyl groups is 3. The van der Waals surface area contributed by atoms with Gasteiger partial charge in [-0.1, -0.05) is 57.2 Å². The Morgan fingerprint density at radius 3 is 2.65 bits per heavy atom. The Kier molecular flexibility index (Phi) is 7.77. The number of fused-ring (bicyclic) bond motifs is 1. The molecule has 3 nitrogen and oxygen atoms in total. The molecule has 0 aromatic carbocycles. The lowest BCUT2D eigenvalue weighted by Gasteiger charge is -2.44. The van der Waals surface area contributed by atoms with Crippen LogP contribution in [0.2, 0.25) is 0 Å². The van der Waals surface area contributed by atoms with Crippen molar-refractivity contribution in [3.05, 3.63) is 69.5 Å². The first-order valence-corrected chi connectivity index (χ1v) is 15.4. The largest absolute Gasteiger partial charge is 0.393 e. The van der Waals surface area contributed by atoms with Crippen LogP contribution in [0.5, 0.6) is 0 Å². The molecule has 4 aliphatic rings. The van der Waals surface area contributed by atoms with Crippen molar-refractivity contribution in [2.24, 2.45) is 23.2 Å². The molecule has 0 spiro atoms. The first kappa shape index (κ1) is 27.1. The molecule has 0 unspecified atom stereocenters. The fraction of sp³-hybridized carbons (Fsp3) is 0.636. The summed E-state index contributed by atoms with van der Waals surface area (Å²) in [6.45, 7) is 11.1. The van der Waals surface area contributed by atoms with Crippen molar-refractivity contribution in [1.29, 1.82) is 0 Å². The van der Waals surface area contributed by atoms with Gasteiger partial charge in [0.15, 0.2) is 0 Å². The van der Waals surface area contributed by atoms with E-state index in [0.29, 0.717) is 30.6 Å². The Bertz CT molecular complexity index is 1090. The van der Waals surface area contributed by atoms with Crippen LogP contribution in [0.3, 0.4) is 0 Å². The lowest BCUT2D eigenvalue weighted by Crippen LogP contribution is -2.35. The average molecular weight is 523 g/mol. The second kappa shape index (κ2) is 10.6. The van der Waals surface area contributed by atoms with Crippen LogP contribution in [-0.4, -0.2) is 33.6 Å². The first-order chi connectivity index (χ1) is 17.7. The quantitative estimate of drug-likeness (QED) is 0.337. The summed E-state index contributed by atoms with van der Waals surface area (Å²) in [4.78, 5) is 1.36. The molecule has 1 aromatic rings. The maximum atomic E-state index is 11.2. The maximum absolute atomic E-state index is 11.2. The van der Waals surface area contributed by atoms with Crippen molar-refractivity contribution in [1.82, 2.24) is 0 Å². The SMILES string of the molecule is C=C1C(=CC=C2CCC[C@]3(C)[C@@H]([C@H](C)C=C[C@H](O)C4(c5cc(CC)cs5)CC4)CC[C@@H]23)C[C@@H](O)C[C@@H]1O. The molecule has 0 amide bonds. The molecule has 37 heavy (non-hydrogen) atoms. The molecular formula is C33H46O3S. The summed E-state index contributed by atoms with van der Waals surface area (Å²) in [5, 5.41) is 33.8. The monoisotopic (exact) mass is 522 g/mol. The van der Waals surface area contributed by atoms with Gasteiger partial charge in [-0.3, -0.25) is 0 Å². The molecule has 1 heterocycles. The Hall–Kier alpha value is -1.46. The Labute approximate surface area is 227 Å². The molecule has 0 bridgehead atoms. The third-order valence-corrected chi connectivity index (χ3v) is 11.6. The maximum Gasteiger partial charge on any atom is 0.0825 e. The molecule has 5 rings (SSSR count).